The number of amides is 1. The van der Waals surface area contributed by atoms with Gasteiger partial charge in [0.15, 0.2) is 0 Å². The van der Waals surface area contributed by atoms with Gasteiger partial charge in [0.05, 0.1) is 12.6 Å². The molecule has 4 nitrogen and oxygen atoms in total. The first-order valence-electron chi connectivity index (χ1n) is 5.83. The molecule has 1 saturated carbocycles. The molecule has 0 bridgehead atoms. The third kappa shape index (κ3) is 3.06. The van der Waals surface area contributed by atoms with E-state index in [4.69, 9.17) is 4.74 Å². The molecule has 1 amide bonds. The minimum absolute atomic E-state index is 0.0279. The number of allylic oxidation sites excluding steroid dienone is 1. The highest BCUT2D eigenvalue weighted by molar-refractivity contribution is 5.79. The molecule has 0 spiro atoms. The lowest BCUT2D eigenvalue weighted by atomic mass is 9.80. The van der Waals surface area contributed by atoms with E-state index in [1.165, 1.54) is 5.57 Å². The fourth-order valence-electron chi connectivity index (χ4n) is 2.34. The molecule has 0 aromatic heterocycles. The molecular formula is C12H22N2O2. The maximum Gasteiger partial charge on any atom is 0.224 e. The van der Waals surface area contributed by atoms with Gasteiger partial charge >= 0.3 is 0 Å². The molecule has 2 unspecified atom stereocenters. The Balaban J connectivity index is 2.74. The van der Waals surface area contributed by atoms with Crippen molar-refractivity contribution in [2.45, 2.75) is 32.2 Å². The Labute approximate surface area is 97.4 Å². The van der Waals surface area contributed by atoms with Gasteiger partial charge in [-0.05, 0) is 26.2 Å². The average Bonchev–Trinajstić information content (AvgIpc) is 2.34. The molecule has 0 aromatic carbocycles. The van der Waals surface area contributed by atoms with Crippen LogP contribution in [0.25, 0.3) is 0 Å². The zero-order valence-electron chi connectivity index (χ0n) is 10.4. The van der Waals surface area contributed by atoms with Crippen LogP contribution in [-0.4, -0.2) is 32.8 Å². The van der Waals surface area contributed by atoms with Gasteiger partial charge in [-0.2, -0.15) is 0 Å². The van der Waals surface area contributed by atoms with Crippen molar-refractivity contribution in [3.05, 3.63) is 11.6 Å². The number of carbonyl (C=O) groups is 1. The van der Waals surface area contributed by atoms with Crippen LogP contribution in [0.15, 0.2) is 11.6 Å². The number of nitrogens with one attached hydrogen (secondary N) is 2. The first-order valence-corrected chi connectivity index (χ1v) is 5.83. The lowest BCUT2D eigenvalue weighted by Gasteiger charge is -2.33. The molecule has 1 rings (SSSR count). The largest absolute Gasteiger partial charge is 0.370 e. The molecule has 2 atom stereocenters. The highest BCUT2D eigenvalue weighted by Gasteiger charge is 2.32. The summed E-state index contributed by atoms with van der Waals surface area (Å²) in [7, 11) is 3.35. The summed E-state index contributed by atoms with van der Waals surface area (Å²) in [6, 6.07) is 0.124. The summed E-state index contributed by atoms with van der Waals surface area (Å²) in [5.74, 6) is 0.146. The van der Waals surface area contributed by atoms with Crippen LogP contribution in [0.5, 0.6) is 0 Å². The lowest BCUT2D eigenvalue weighted by molar-refractivity contribution is -0.125. The van der Waals surface area contributed by atoms with Crippen molar-refractivity contribution in [1.29, 1.82) is 0 Å². The van der Waals surface area contributed by atoms with Crippen LogP contribution in [0.3, 0.4) is 0 Å². The second-order valence-corrected chi connectivity index (χ2v) is 4.09. The summed E-state index contributed by atoms with van der Waals surface area (Å²) in [5, 5.41) is 6.03. The molecule has 4 heteroatoms. The van der Waals surface area contributed by atoms with Crippen molar-refractivity contribution in [3.8, 4) is 0 Å². The number of hydrogen-bond donors (Lipinski definition) is 2. The summed E-state index contributed by atoms with van der Waals surface area (Å²) in [5.41, 5.74) is 1.32. The van der Waals surface area contributed by atoms with E-state index in [1.807, 2.05) is 6.92 Å². The summed E-state index contributed by atoms with van der Waals surface area (Å²) >= 11 is 0. The van der Waals surface area contributed by atoms with Crippen molar-refractivity contribution in [2.75, 3.05) is 20.9 Å². The number of carbonyl (C=O) groups excluding carboxylic acids is 1. The van der Waals surface area contributed by atoms with Gasteiger partial charge in [0.1, 0.15) is 0 Å². The Kier molecular flexibility index (Phi) is 5.49. The first-order chi connectivity index (χ1) is 7.74. The van der Waals surface area contributed by atoms with E-state index in [0.29, 0.717) is 6.73 Å². The van der Waals surface area contributed by atoms with E-state index in [0.717, 1.165) is 19.3 Å². The Morgan fingerprint density at radius 1 is 1.62 bits per heavy atom. The maximum atomic E-state index is 11.8. The van der Waals surface area contributed by atoms with Crippen LogP contribution in [-0.2, 0) is 9.53 Å². The molecule has 1 fully saturated rings. The van der Waals surface area contributed by atoms with E-state index in [9.17, 15) is 4.79 Å². The molecule has 1 aliphatic carbocycles. The van der Waals surface area contributed by atoms with Crippen LogP contribution in [0, 0.1) is 5.92 Å². The first kappa shape index (κ1) is 13.2. The van der Waals surface area contributed by atoms with E-state index in [2.05, 4.69) is 16.7 Å². The van der Waals surface area contributed by atoms with Gasteiger partial charge in [0.25, 0.3) is 0 Å². The Morgan fingerprint density at radius 2 is 2.38 bits per heavy atom. The van der Waals surface area contributed by atoms with E-state index in [1.54, 1.807) is 14.2 Å². The quantitative estimate of drug-likeness (QED) is 0.556. The zero-order chi connectivity index (χ0) is 12.0. The minimum atomic E-state index is 0.0279. The minimum Gasteiger partial charge on any atom is -0.370 e. The van der Waals surface area contributed by atoms with Gasteiger partial charge in [0.2, 0.25) is 5.91 Å². The molecular weight excluding hydrogens is 204 g/mol. The van der Waals surface area contributed by atoms with E-state index in [-0.39, 0.29) is 17.9 Å². The fourth-order valence-corrected chi connectivity index (χ4v) is 2.34. The standard InChI is InChI=1S/C12H22N2O2/c1-4-9-6-5-7-10(12(15)13-2)11(9)14-8-16-3/h4,10-11,14H,5-8H2,1-3H3,(H,13,15)/b9-4-. The molecule has 0 aromatic rings. The normalized spacial score (nSPS) is 28.1. The molecule has 2 N–H and O–H groups in total. The molecule has 0 aliphatic heterocycles. The summed E-state index contributed by atoms with van der Waals surface area (Å²) in [6.07, 6.45) is 5.22. The SMILES string of the molecule is C/C=C1/CCCC(C(=O)NC)C1NCOC. The van der Waals surface area contributed by atoms with Crippen LogP contribution >= 0.6 is 0 Å². The van der Waals surface area contributed by atoms with Crippen molar-refractivity contribution in [2.24, 2.45) is 5.92 Å². The van der Waals surface area contributed by atoms with Gasteiger partial charge in [-0.1, -0.05) is 11.6 Å². The zero-order valence-corrected chi connectivity index (χ0v) is 10.4. The number of hydrogen-bond acceptors (Lipinski definition) is 3. The lowest BCUT2D eigenvalue weighted by Crippen LogP contribution is -2.47. The molecule has 0 radical (unpaired) electrons. The van der Waals surface area contributed by atoms with E-state index < -0.39 is 0 Å². The molecule has 0 saturated heterocycles. The summed E-state index contributed by atoms with van der Waals surface area (Å²) in [6.45, 7) is 2.51. The van der Waals surface area contributed by atoms with Crippen LogP contribution in [0.2, 0.25) is 0 Å². The third-order valence-electron chi connectivity index (χ3n) is 3.18. The Bertz CT molecular complexity index is 264. The second kappa shape index (κ2) is 6.66. The number of ether oxygens (including phenoxy) is 1. The van der Waals surface area contributed by atoms with Gasteiger partial charge in [0, 0.05) is 20.2 Å². The molecule has 1 aliphatic rings. The maximum absolute atomic E-state index is 11.8. The molecule has 92 valence electrons. The summed E-state index contributed by atoms with van der Waals surface area (Å²) < 4.78 is 5.03. The predicted octanol–water partition coefficient (Wildman–Crippen LogP) is 1.04. The highest BCUT2D eigenvalue weighted by atomic mass is 16.5. The topological polar surface area (TPSA) is 50.4 Å². The Hall–Kier alpha value is -0.870. The number of methoxy groups -OCH3 is 1. The van der Waals surface area contributed by atoms with Crippen LogP contribution in [0.4, 0.5) is 0 Å². The molecule has 16 heavy (non-hydrogen) atoms. The van der Waals surface area contributed by atoms with Crippen molar-refractivity contribution in [1.82, 2.24) is 10.6 Å². The third-order valence-corrected chi connectivity index (χ3v) is 3.18. The number of rotatable bonds is 4. The van der Waals surface area contributed by atoms with Gasteiger partial charge in [-0.25, -0.2) is 0 Å². The smallest absolute Gasteiger partial charge is 0.224 e. The van der Waals surface area contributed by atoms with Gasteiger partial charge < -0.3 is 10.1 Å². The van der Waals surface area contributed by atoms with Crippen molar-refractivity contribution < 1.29 is 9.53 Å². The van der Waals surface area contributed by atoms with Crippen molar-refractivity contribution in [3.63, 3.8) is 0 Å². The van der Waals surface area contributed by atoms with Crippen LogP contribution in [0.1, 0.15) is 26.2 Å². The van der Waals surface area contributed by atoms with Gasteiger partial charge in [-0.15, -0.1) is 0 Å². The Morgan fingerprint density at radius 3 is 2.94 bits per heavy atom. The highest BCUT2D eigenvalue weighted by Crippen LogP contribution is 2.29. The predicted molar refractivity (Wildman–Crippen MR) is 64.0 cm³/mol. The molecule has 0 heterocycles. The monoisotopic (exact) mass is 226 g/mol. The van der Waals surface area contributed by atoms with Crippen molar-refractivity contribution >= 4 is 5.91 Å². The second-order valence-electron chi connectivity index (χ2n) is 4.09. The van der Waals surface area contributed by atoms with E-state index >= 15 is 0 Å². The van der Waals surface area contributed by atoms with Gasteiger partial charge in [-0.3, -0.25) is 10.1 Å². The fraction of sp³-hybridized carbons (Fsp3) is 0.750. The summed E-state index contributed by atoms with van der Waals surface area (Å²) in [4.78, 5) is 11.8. The average molecular weight is 226 g/mol. The van der Waals surface area contributed by atoms with Crippen LogP contribution < -0.4 is 10.6 Å².